The Bertz CT molecular complexity index is 625. The Morgan fingerprint density at radius 1 is 1.32 bits per heavy atom. The molecule has 0 unspecified atom stereocenters. The summed E-state index contributed by atoms with van der Waals surface area (Å²) in [6.45, 7) is 2.64. The summed E-state index contributed by atoms with van der Waals surface area (Å²) in [5.74, 6) is 6.24. The topological polar surface area (TPSA) is 35.2 Å². The minimum atomic E-state index is -0.250. The Labute approximate surface area is 116 Å². The summed E-state index contributed by atoms with van der Waals surface area (Å²) in [5.41, 5.74) is 6.11. The summed E-state index contributed by atoms with van der Waals surface area (Å²) >= 11 is 1.57. The van der Waals surface area contributed by atoms with Gasteiger partial charge in [-0.1, -0.05) is 11.8 Å². The first kappa shape index (κ1) is 13.6. The highest BCUT2D eigenvalue weighted by Gasteiger charge is 2.03. The molecular weight excluding hydrogens is 261 g/mol. The van der Waals surface area contributed by atoms with E-state index in [2.05, 4.69) is 11.8 Å². The lowest BCUT2D eigenvalue weighted by atomic mass is 10.2. The summed E-state index contributed by atoms with van der Waals surface area (Å²) < 4.78 is 18.6. The maximum Gasteiger partial charge on any atom is 0.123 e. The molecule has 4 heteroatoms. The van der Waals surface area contributed by atoms with Crippen LogP contribution in [-0.4, -0.2) is 6.54 Å². The molecule has 98 valence electrons. The predicted octanol–water partition coefficient (Wildman–Crippen LogP) is 3.08. The van der Waals surface area contributed by atoms with Gasteiger partial charge in [-0.05, 0) is 42.8 Å². The van der Waals surface area contributed by atoms with E-state index in [9.17, 15) is 4.39 Å². The highest BCUT2D eigenvalue weighted by atomic mass is 32.1. The normalized spacial score (nSPS) is 9.84. The van der Waals surface area contributed by atoms with Gasteiger partial charge in [0.1, 0.15) is 18.2 Å². The first-order valence-corrected chi connectivity index (χ1v) is 6.67. The molecule has 19 heavy (non-hydrogen) atoms. The Kier molecular flexibility index (Phi) is 4.56. The van der Waals surface area contributed by atoms with Crippen molar-refractivity contribution in [2.24, 2.45) is 5.73 Å². The molecule has 1 aromatic carbocycles. The van der Waals surface area contributed by atoms with E-state index in [1.54, 1.807) is 17.4 Å². The molecule has 0 aliphatic heterocycles. The van der Waals surface area contributed by atoms with Crippen molar-refractivity contribution in [3.63, 3.8) is 0 Å². The Hall–Kier alpha value is -1.83. The van der Waals surface area contributed by atoms with Gasteiger partial charge in [0.2, 0.25) is 0 Å². The van der Waals surface area contributed by atoms with E-state index in [1.165, 1.54) is 12.1 Å². The van der Waals surface area contributed by atoms with Gasteiger partial charge < -0.3 is 10.5 Å². The molecule has 0 atom stereocenters. The SMILES string of the molecule is Cc1cc(F)ccc1OCc1ccc(C#CCN)s1. The lowest BCUT2D eigenvalue weighted by molar-refractivity contribution is 0.307. The fourth-order valence-electron chi connectivity index (χ4n) is 1.58. The van der Waals surface area contributed by atoms with Crippen LogP contribution >= 0.6 is 11.3 Å². The number of ether oxygens (including phenoxy) is 1. The minimum Gasteiger partial charge on any atom is -0.488 e. The van der Waals surface area contributed by atoms with Crippen molar-refractivity contribution in [3.8, 4) is 17.6 Å². The molecule has 0 fully saturated rings. The van der Waals surface area contributed by atoms with Crippen LogP contribution in [0.2, 0.25) is 0 Å². The van der Waals surface area contributed by atoms with Crippen molar-refractivity contribution in [3.05, 3.63) is 51.5 Å². The van der Waals surface area contributed by atoms with Crippen LogP contribution in [0.1, 0.15) is 15.3 Å². The Balaban J connectivity index is 2.00. The van der Waals surface area contributed by atoms with E-state index >= 15 is 0 Å². The van der Waals surface area contributed by atoms with E-state index in [0.29, 0.717) is 18.9 Å². The zero-order valence-electron chi connectivity index (χ0n) is 10.6. The molecular formula is C15H14FNOS. The van der Waals surface area contributed by atoms with Gasteiger partial charge in [-0.25, -0.2) is 4.39 Å². The van der Waals surface area contributed by atoms with Crippen LogP contribution in [0.25, 0.3) is 0 Å². The predicted molar refractivity (Wildman–Crippen MR) is 75.7 cm³/mol. The molecule has 0 aliphatic rings. The highest BCUT2D eigenvalue weighted by Crippen LogP contribution is 2.22. The molecule has 2 aromatic rings. The third-order valence-corrected chi connectivity index (χ3v) is 3.46. The van der Waals surface area contributed by atoms with Gasteiger partial charge in [0.25, 0.3) is 0 Å². The van der Waals surface area contributed by atoms with Gasteiger partial charge >= 0.3 is 0 Å². The van der Waals surface area contributed by atoms with Crippen LogP contribution in [0.15, 0.2) is 30.3 Å². The largest absolute Gasteiger partial charge is 0.488 e. The molecule has 0 spiro atoms. The maximum atomic E-state index is 13.0. The summed E-state index contributed by atoms with van der Waals surface area (Å²) in [5, 5.41) is 0. The number of hydrogen-bond donors (Lipinski definition) is 1. The van der Waals surface area contributed by atoms with E-state index < -0.39 is 0 Å². The number of thiophene rings is 1. The third-order valence-electron chi connectivity index (χ3n) is 2.48. The molecule has 0 aliphatic carbocycles. The smallest absolute Gasteiger partial charge is 0.123 e. The van der Waals surface area contributed by atoms with Crippen LogP contribution in [-0.2, 0) is 6.61 Å². The monoisotopic (exact) mass is 275 g/mol. The molecule has 2 rings (SSSR count). The van der Waals surface area contributed by atoms with Crippen molar-refractivity contribution < 1.29 is 9.13 Å². The summed E-state index contributed by atoms with van der Waals surface area (Å²) in [6.07, 6.45) is 0. The summed E-state index contributed by atoms with van der Waals surface area (Å²) in [6, 6.07) is 8.43. The third kappa shape index (κ3) is 3.82. The molecule has 2 N–H and O–H groups in total. The molecule has 1 heterocycles. The molecule has 0 saturated heterocycles. The van der Waals surface area contributed by atoms with Crippen LogP contribution in [0.3, 0.4) is 0 Å². The zero-order chi connectivity index (χ0) is 13.7. The molecule has 0 radical (unpaired) electrons. The second-order valence-electron chi connectivity index (χ2n) is 3.97. The molecule has 1 aromatic heterocycles. The molecule has 0 bridgehead atoms. The number of halogens is 1. The number of benzene rings is 1. The van der Waals surface area contributed by atoms with Crippen molar-refractivity contribution in [1.29, 1.82) is 0 Å². The van der Waals surface area contributed by atoms with Gasteiger partial charge in [0.05, 0.1) is 11.4 Å². The first-order chi connectivity index (χ1) is 9.19. The van der Waals surface area contributed by atoms with Gasteiger partial charge in [0, 0.05) is 4.88 Å². The number of nitrogens with two attached hydrogens (primary N) is 1. The van der Waals surface area contributed by atoms with E-state index in [0.717, 1.165) is 15.3 Å². The Morgan fingerprint density at radius 3 is 2.89 bits per heavy atom. The van der Waals surface area contributed by atoms with Crippen LogP contribution in [0.4, 0.5) is 4.39 Å². The highest BCUT2D eigenvalue weighted by molar-refractivity contribution is 7.12. The second kappa shape index (κ2) is 6.37. The Morgan fingerprint density at radius 2 is 2.16 bits per heavy atom. The zero-order valence-corrected chi connectivity index (χ0v) is 11.4. The van der Waals surface area contributed by atoms with E-state index in [1.807, 2.05) is 19.1 Å². The van der Waals surface area contributed by atoms with Crippen molar-refractivity contribution >= 4 is 11.3 Å². The minimum absolute atomic E-state index is 0.250. The lowest BCUT2D eigenvalue weighted by Gasteiger charge is -2.07. The van der Waals surface area contributed by atoms with Crippen LogP contribution < -0.4 is 10.5 Å². The van der Waals surface area contributed by atoms with Gasteiger partial charge in [0.15, 0.2) is 0 Å². The molecule has 2 nitrogen and oxygen atoms in total. The number of rotatable bonds is 3. The standard InChI is InChI=1S/C15H14FNOS/c1-11-9-12(16)4-7-15(11)18-10-14-6-5-13(19-14)3-2-8-17/h4-7,9H,8,10,17H2,1H3. The molecule has 0 saturated carbocycles. The van der Waals surface area contributed by atoms with E-state index in [4.69, 9.17) is 10.5 Å². The molecule has 0 amide bonds. The quantitative estimate of drug-likeness (QED) is 0.874. The van der Waals surface area contributed by atoms with Crippen molar-refractivity contribution in [2.45, 2.75) is 13.5 Å². The van der Waals surface area contributed by atoms with Crippen LogP contribution in [0.5, 0.6) is 5.75 Å². The average Bonchev–Trinajstić information content (AvgIpc) is 2.83. The number of hydrogen-bond acceptors (Lipinski definition) is 3. The lowest BCUT2D eigenvalue weighted by Crippen LogP contribution is -1.95. The van der Waals surface area contributed by atoms with Gasteiger partial charge in [-0.3, -0.25) is 0 Å². The number of aryl methyl sites for hydroxylation is 1. The maximum absolute atomic E-state index is 13.0. The first-order valence-electron chi connectivity index (χ1n) is 5.85. The summed E-state index contributed by atoms with van der Waals surface area (Å²) in [4.78, 5) is 2.05. The van der Waals surface area contributed by atoms with Crippen LogP contribution in [0, 0.1) is 24.6 Å². The van der Waals surface area contributed by atoms with Crippen molar-refractivity contribution in [1.82, 2.24) is 0 Å². The fraction of sp³-hybridized carbons (Fsp3) is 0.200. The fourth-order valence-corrected chi connectivity index (χ4v) is 2.38. The second-order valence-corrected chi connectivity index (χ2v) is 5.14. The average molecular weight is 275 g/mol. The van der Waals surface area contributed by atoms with Gasteiger partial charge in [-0.15, -0.1) is 11.3 Å². The van der Waals surface area contributed by atoms with E-state index in [-0.39, 0.29) is 5.82 Å². The van der Waals surface area contributed by atoms with Gasteiger partial charge in [-0.2, -0.15) is 0 Å². The van der Waals surface area contributed by atoms with Crippen molar-refractivity contribution in [2.75, 3.05) is 6.54 Å². The summed E-state index contributed by atoms with van der Waals surface area (Å²) in [7, 11) is 0.